The van der Waals surface area contributed by atoms with Crippen molar-refractivity contribution in [3.05, 3.63) is 82.0 Å². The monoisotopic (exact) mass is 495 g/mol. The van der Waals surface area contributed by atoms with Crippen molar-refractivity contribution in [3.8, 4) is 11.5 Å². The first-order valence-corrected chi connectivity index (χ1v) is 12.0. The van der Waals surface area contributed by atoms with Crippen LogP contribution in [0, 0.1) is 0 Å². The maximum atomic E-state index is 11.9. The van der Waals surface area contributed by atoms with Gasteiger partial charge >= 0.3 is 5.97 Å². The van der Waals surface area contributed by atoms with Crippen LogP contribution in [0.5, 0.6) is 11.5 Å². The van der Waals surface area contributed by atoms with Gasteiger partial charge in [0.2, 0.25) is 0 Å². The third kappa shape index (κ3) is 5.36. The molecule has 0 bridgehead atoms. The van der Waals surface area contributed by atoms with Crippen molar-refractivity contribution >= 4 is 29.1 Å². The molecule has 1 fully saturated rings. The molecule has 8 nitrogen and oxygen atoms in total. The maximum Gasteiger partial charge on any atom is 0.333 e. The number of benzene rings is 2. The number of thiophene rings is 1. The molecule has 0 radical (unpaired) electrons. The van der Waals surface area contributed by atoms with E-state index in [-0.39, 0.29) is 25.9 Å². The lowest BCUT2D eigenvalue weighted by molar-refractivity contribution is -0.197. The Labute approximate surface area is 206 Å². The number of methoxy groups -OCH3 is 1. The Morgan fingerprint density at radius 3 is 2.11 bits per heavy atom. The average molecular weight is 496 g/mol. The van der Waals surface area contributed by atoms with Crippen LogP contribution >= 0.6 is 11.3 Å². The summed E-state index contributed by atoms with van der Waals surface area (Å²) in [6.07, 6.45) is 0.475. The third-order valence-electron chi connectivity index (χ3n) is 5.65. The molecular formula is C26H25NO7S. The largest absolute Gasteiger partial charge is 0.497 e. The molecule has 0 saturated carbocycles. The molecule has 2 heterocycles. The minimum absolute atomic E-state index is 0.00470. The van der Waals surface area contributed by atoms with E-state index in [1.54, 1.807) is 31.4 Å². The van der Waals surface area contributed by atoms with Gasteiger partial charge in [0.05, 0.1) is 20.1 Å². The summed E-state index contributed by atoms with van der Waals surface area (Å²) in [7, 11) is 1.59. The molecule has 1 N–H and O–H groups in total. The Balaban J connectivity index is 1.37. The van der Waals surface area contributed by atoms with Gasteiger partial charge in [0.25, 0.3) is 11.8 Å². The predicted molar refractivity (Wildman–Crippen MR) is 128 cm³/mol. The summed E-state index contributed by atoms with van der Waals surface area (Å²) in [6.45, 7) is 0.240. The van der Waals surface area contributed by atoms with Crippen LogP contribution in [0.25, 0.3) is 0 Å². The number of hydroxylamine groups is 2. The molecule has 1 saturated heterocycles. The second-order valence-electron chi connectivity index (χ2n) is 7.94. The second-order valence-corrected chi connectivity index (χ2v) is 8.89. The van der Waals surface area contributed by atoms with Gasteiger partial charge in [-0.15, -0.1) is 16.4 Å². The Bertz CT molecular complexity index is 1160. The van der Waals surface area contributed by atoms with Crippen molar-refractivity contribution < 1.29 is 33.8 Å². The minimum Gasteiger partial charge on any atom is -0.497 e. The van der Waals surface area contributed by atoms with Crippen LogP contribution in [0.4, 0.5) is 0 Å². The molecule has 1 aromatic heterocycles. The molecule has 2 aromatic carbocycles. The van der Waals surface area contributed by atoms with E-state index < -0.39 is 23.4 Å². The quantitative estimate of drug-likeness (QED) is 0.337. The Hall–Kier alpha value is -3.69. The van der Waals surface area contributed by atoms with Gasteiger partial charge in [-0.2, -0.15) is 0 Å². The molecule has 0 aliphatic carbocycles. The van der Waals surface area contributed by atoms with Gasteiger partial charge in [-0.1, -0.05) is 30.3 Å². The summed E-state index contributed by atoms with van der Waals surface area (Å²) in [5.74, 6) is -0.384. The van der Waals surface area contributed by atoms with Crippen LogP contribution < -0.4 is 9.47 Å². The summed E-state index contributed by atoms with van der Waals surface area (Å²) in [5, 5.41) is 14.3. The molecule has 0 spiro atoms. The number of nitrogens with zero attached hydrogens (tertiary/aromatic N) is 1. The Morgan fingerprint density at radius 1 is 0.971 bits per heavy atom. The van der Waals surface area contributed by atoms with Crippen molar-refractivity contribution in [1.29, 1.82) is 0 Å². The molecule has 182 valence electrons. The predicted octanol–water partition coefficient (Wildman–Crippen LogP) is 3.81. The molecular weight excluding hydrogens is 470 g/mol. The highest BCUT2D eigenvalue weighted by molar-refractivity contribution is 7.10. The summed E-state index contributed by atoms with van der Waals surface area (Å²) in [5.41, 5.74) is 0.0524. The van der Waals surface area contributed by atoms with Gasteiger partial charge < -0.3 is 19.4 Å². The topological polar surface area (TPSA) is 102 Å². The number of carbonyl (C=O) groups is 3. The van der Waals surface area contributed by atoms with E-state index in [0.717, 1.165) is 4.88 Å². The van der Waals surface area contributed by atoms with E-state index >= 15 is 0 Å². The number of amides is 2. The summed E-state index contributed by atoms with van der Waals surface area (Å²) >= 11 is 1.46. The highest BCUT2D eigenvalue weighted by atomic mass is 32.1. The van der Waals surface area contributed by atoms with Crippen molar-refractivity contribution in [2.45, 2.75) is 31.3 Å². The molecule has 1 aliphatic heterocycles. The van der Waals surface area contributed by atoms with Gasteiger partial charge in [0.1, 0.15) is 17.1 Å². The fourth-order valence-electron chi connectivity index (χ4n) is 3.77. The van der Waals surface area contributed by atoms with Gasteiger partial charge in [-0.25, -0.2) is 4.79 Å². The zero-order valence-corrected chi connectivity index (χ0v) is 20.0. The molecule has 3 aromatic rings. The normalized spacial score (nSPS) is 15.1. The summed E-state index contributed by atoms with van der Waals surface area (Å²) in [6, 6.07) is 18.2. The first-order valence-electron chi connectivity index (χ1n) is 11.1. The van der Waals surface area contributed by atoms with E-state index in [0.29, 0.717) is 34.1 Å². The van der Waals surface area contributed by atoms with E-state index in [4.69, 9.17) is 14.3 Å². The lowest BCUT2D eigenvalue weighted by Crippen LogP contribution is -2.32. The number of ether oxygens (including phenoxy) is 2. The maximum absolute atomic E-state index is 11.9. The zero-order chi connectivity index (χ0) is 24.8. The van der Waals surface area contributed by atoms with Crippen LogP contribution in [0.3, 0.4) is 0 Å². The van der Waals surface area contributed by atoms with Crippen molar-refractivity contribution in [2.24, 2.45) is 0 Å². The van der Waals surface area contributed by atoms with Crippen LogP contribution in [0.2, 0.25) is 0 Å². The van der Waals surface area contributed by atoms with Gasteiger partial charge in [0.15, 0.2) is 0 Å². The standard InChI is InChI=1S/C26H25NO7S/c1-32-20-10-6-18(7-11-20)26(31,22-4-3-17-35-22)19-8-12-21(13-9-19)33-16-2-5-25(30)34-27-23(28)14-15-24(27)29/h3-4,6-13,17,31H,2,5,14-16H2,1H3. The smallest absolute Gasteiger partial charge is 0.333 e. The summed E-state index contributed by atoms with van der Waals surface area (Å²) < 4.78 is 11.0. The second kappa shape index (κ2) is 10.7. The first kappa shape index (κ1) is 24.4. The lowest BCUT2D eigenvalue weighted by Gasteiger charge is -2.28. The highest BCUT2D eigenvalue weighted by Gasteiger charge is 2.35. The van der Waals surface area contributed by atoms with Crippen molar-refractivity contribution in [3.63, 3.8) is 0 Å². The molecule has 2 amide bonds. The van der Waals surface area contributed by atoms with Gasteiger partial charge in [-0.3, -0.25) is 9.59 Å². The number of rotatable bonds is 10. The van der Waals surface area contributed by atoms with Crippen LogP contribution in [0.15, 0.2) is 66.0 Å². The lowest BCUT2D eigenvalue weighted by atomic mass is 9.85. The molecule has 1 atom stereocenters. The SMILES string of the molecule is COc1ccc(C(O)(c2ccc(OCCCC(=O)ON3C(=O)CCC3=O)cc2)c2cccs2)cc1. The Morgan fingerprint density at radius 2 is 1.57 bits per heavy atom. The van der Waals surface area contributed by atoms with E-state index in [1.807, 2.05) is 41.8 Å². The van der Waals surface area contributed by atoms with Crippen LogP contribution in [-0.4, -0.2) is 41.7 Å². The van der Waals surface area contributed by atoms with Crippen molar-refractivity contribution in [2.75, 3.05) is 13.7 Å². The van der Waals surface area contributed by atoms with E-state index in [2.05, 4.69) is 0 Å². The van der Waals surface area contributed by atoms with Gasteiger partial charge in [-0.05, 0) is 53.3 Å². The van der Waals surface area contributed by atoms with E-state index in [1.165, 1.54) is 11.3 Å². The fraction of sp³-hybridized carbons (Fsp3) is 0.269. The number of hydrogen-bond acceptors (Lipinski definition) is 8. The molecule has 1 aliphatic rings. The average Bonchev–Trinajstić information content (AvgIpc) is 3.53. The number of aliphatic hydroxyl groups is 1. The fourth-order valence-corrected chi connectivity index (χ4v) is 4.64. The Kier molecular flexibility index (Phi) is 7.48. The molecule has 1 unspecified atom stereocenters. The number of imide groups is 1. The molecule has 35 heavy (non-hydrogen) atoms. The number of hydrogen-bond donors (Lipinski definition) is 1. The molecule has 4 rings (SSSR count). The highest BCUT2D eigenvalue weighted by Crippen LogP contribution is 2.40. The van der Waals surface area contributed by atoms with Crippen LogP contribution in [-0.2, 0) is 24.8 Å². The van der Waals surface area contributed by atoms with Crippen molar-refractivity contribution in [1.82, 2.24) is 5.06 Å². The molecule has 9 heteroatoms. The third-order valence-corrected chi connectivity index (χ3v) is 6.63. The first-order chi connectivity index (χ1) is 16.9. The minimum atomic E-state index is -1.34. The van der Waals surface area contributed by atoms with Crippen LogP contribution in [0.1, 0.15) is 41.7 Å². The van der Waals surface area contributed by atoms with Gasteiger partial charge in [0, 0.05) is 17.7 Å². The zero-order valence-electron chi connectivity index (χ0n) is 19.1. The van der Waals surface area contributed by atoms with E-state index in [9.17, 15) is 19.5 Å². The summed E-state index contributed by atoms with van der Waals surface area (Å²) in [4.78, 5) is 40.5. The number of carbonyl (C=O) groups excluding carboxylic acids is 3.